The fourth-order valence-corrected chi connectivity index (χ4v) is 3.35. The second-order valence-corrected chi connectivity index (χ2v) is 6.12. The van der Waals surface area contributed by atoms with Crippen LogP contribution in [0.15, 0.2) is 6.20 Å². The summed E-state index contributed by atoms with van der Waals surface area (Å²) in [7, 11) is 1.43. The minimum Gasteiger partial charge on any atom is -0.447 e. The second kappa shape index (κ2) is 6.10. The van der Waals surface area contributed by atoms with E-state index in [2.05, 4.69) is 5.10 Å². The van der Waals surface area contributed by atoms with Crippen molar-refractivity contribution in [3.05, 3.63) is 21.9 Å². The number of cyclic esters (lactones) is 1. The van der Waals surface area contributed by atoms with Crippen molar-refractivity contribution in [2.24, 2.45) is 7.05 Å². The predicted octanol–water partition coefficient (Wildman–Crippen LogP) is 0.774. The molecule has 2 saturated heterocycles. The van der Waals surface area contributed by atoms with Gasteiger partial charge in [0.1, 0.15) is 13.7 Å². The summed E-state index contributed by atoms with van der Waals surface area (Å²) in [5.74, 6) is -0.704. The molecule has 2 aliphatic heterocycles. The molecule has 130 valence electrons. The maximum atomic E-state index is 12.6. The van der Waals surface area contributed by atoms with E-state index in [0.29, 0.717) is 32.5 Å². The van der Waals surface area contributed by atoms with Crippen molar-refractivity contribution in [2.75, 3.05) is 19.7 Å². The number of likely N-dealkylation sites (tertiary alicyclic amines) is 1. The fourth-order valence-electron chi connectivity index (χ4n) is 3.35. The first-order chi connectivity index (χ1) is 11.4. The number of rotatable bonds is 3. The highest BCUT2D eigenvalue weighted by atomic mass is 16.6. The summed E-state index contributed by atoms with van der Waals surface area (Å²) in [5, 5.41) is 14.9. The van der Waals surface area contributed by atoms with Gasteiger partial charge in [0.25, 0.3) is 5.91 Å². The molecule has 0 aromatic carbocycles. The SMILES string of the molecule is CC1COC(=O)N1C1CCN(C(=O)c2cnn(C)c2[N+](=O)[O-])CC1. The van der Waals surface area contributed by atoms with Crippen LogP contribution in [0.2, 0.25) is 0 Å². The van der Waals surface area contributed by atoms with Crippen molar-refractivity contribution in [1.82, 2.24) is 19.6 Å². The van der Waals surface area contributed by atoms with E-state index >= 15 is 0 Å². The van der Waals surface area contributed by atoms with Gasteiger partial charge in [0, 0.05) is 19.1 Å². The van der Waals surface area contributed by atoms with E-state index in [-0.39, 0.29) is 29.6 Å². The molecule has 10 nitrogen and oxygen atoms in total. The van der Waals surface area contributed by atoms with Crippen LogP contribution in [0.3, 0.4) is 0 Å². The van der Waals surface area contributed by atoms with Crippen LogP contribution in [0, 0.1) is 10.1 Å². The molecule has 0 spiro atoms. The lowest BCUT2D eigenvalue weighted by Crippen LogP contribution is -2.49. The average molecular weight is 337 g/mol. The Morgan fingerprint density at radius 2 is 2.08 bits per heavy atom. The van der Waals surface area contributed by atoms with Crippen LogP contribution in [0.4, 0.5) is 10.6 Å². The number of nitrogens with zero attached hydrogens (tertiary/aromatic N) is 5. The molecule has 2 amide bonds. The van der Waals surface area contributed by atoms with Gasteiger partial charge in [0.15, 0.2) is 5.56 Å². The lowest BCUT2D eigenvalue weighted by molar-refractivity contribution is -0.392. The van der Waals surface area contributed by atoms with Gasteiger partial charge in [0.05, 0.1) is 12.2 Å². The Kier molecular flexibility index (Phi) is 4.12. The standard InChI is InChI=1S/C14H19N5O5/c1-9-8-24-14(21)18(9)10-3-5-17(6-4-10)13(20)11-7-15-16(2)12(11)19(22)23/h7,9-10H,3-6,8H2,1-2H3. The maximum absolute atomic E-state index is 12.6. The monoisotopic (exact) mass is 337 g/mol. The van der Waals surface area contributed by atoms with Crippen LogP contribution in [-0.4, -0.2) is 68.3 Å². The lowest BCUT2D eigenvalue weighted by atomic mass is 10.0. The Labute approximate surface area is 138 Å². The van der Waals surface area contributed by atoms with E-state index in [1.54, 1.807) is 9.80 Å². The summed E-state index contributed by atoms with van der Waals surface area (Å²) in [5.41, 5.74) is -0.00472. The van der Waals surface area contributed by atoms with Crippen molar-refractivity contribution >= 4 is 17.8 Å². The lowest BCUT2D eigenvalue weighted by Gasteiger charge is -2.36. The molecule has 2 fully saturated rings. The maximum Gasteiger partial charge on any atom is 0.410 e. The molecule has 0 bridgehead atoms. The van der Waals surface area contributed by atoms with Crippen LogP contribution < -0.4 is 0 Å². The molecular weight excluding hydrogens is 318 g/mol. The zero-order chi connectivity index (χ0) is 17.4. The van der Waals surface area contributed by atoms with Crippen molar-refractivity contribution in [2.45, 2.75) is 31.8 Å². The third-order valence-electron chi connectivity index (χ3n) is 4.59. The quantitative estimate of drug-likeness (QED) is 0.595. The van der Waals surface area contributed by atoms with Crippen molar-refractivity contribution in [3.8, 4) is 0 Å². The summed E-state index contributed by atoms with van der Waals surface area (Å²) in [4.78, 5) is 38.1. The van der Waals surface area contributed by atoms with Gasteiger partial charge in [0.2, 0.25) is 0 Å². The number of nitro groups is 1. The van der Waals surface area contributed by atoms with E-state index in [1.807, 2.05) is 6.92 Å². The average Bonchev–Trinajstić information content (AvgIpc) is 3.09. The number of carbonyl (C=O) groups is 2. The number of amides is 2. The summed E-state index contributed by atoms with van der Waals surface area (Å²) >= 11 is 0. The summed E-state index contributed by atoms with van der Waals surface area (Å²) < 4.78 is 6.13. The van der Waals surface area contributed by atoms with Gasteiger partial charge in [-0.15, -0.1) is 4.68 Å². The van der Waals surface area contributed by atoms with Crippen LogP contribution in [-0.2, 0) is 11.8 Å². The van der Waals surface area contributed by atoms with Crippen molar-refractivity contribution < 1.29 is 19.2 Å². The number of piperidine rings is 1. The predicted molar refractivity (Wildman–Crippen MR) is 81.4 cm³/mol. The van der Waals surface area contributed by atoms with Gasteiger partial charge in [-0.05, 0) is 24.7 Å². The highest BCUT2D eigenvalue weighted by Gasteiger charge is 2.38. The minimum absolute atomic E-state index is 0.00472. The van der Waals surface area contributed by atoms with E-state index < -0.39 is 10.8 Å². The van der Waals surface area contributed by atoms with Gasteiger partial charge in [-0.2, -0.15) is 0 Å². The Hall–Kier alpha value is -2.65. The molecular formula is C14H19N5O5. The van der Waals surface area contributed by atoms with Crippen LogP contribution in [0.5, 0.6) is 0 Å². The van der Waals surface area contributed by atoms with Crippen LogP contribution in [0.25, 0.3) is 0 Å². The smallest absolute Gasteiger partial charge is 0.410 e. The number of hydrogen-bond donors (Lipinski definition) is 0. The normalized spacial score (nSPS) is 21.9. The topological polar surface area (TPSA) is 111 Å². The number of ether oxygens (including phenoxy) is 1. The minimum atomic E-state index is -0.602. The first-order valence-corrected chi connectivity index (χ1v) is 7.81. The van der Waals surface area contributed by atoms with Gasteiger partial charge >= 0.3 is 11.9 Å². The van der Waals surface area contributed by atoms with Crippen molar-refractivity contribution in [3.63, 3.8) is 0 Å². The first-order valence-electron chi connectivity index (χ1n) is 7.81. The molecule has 0 saturated carbocycles. The van der Waals surface area contributed by atoms with Crippen LogP contribution in [0.1, 0.15) is 30.1 Å². The molecule has 10 heteroatoms. The first kappa shape index (κ1) is 16.2. The highest BCUT2D eigenvalue weighted by molar-refractivity contribution is 5.97. The Morgan fingerprint density at radius 3 is 2.62 bits per heavy atom. The highest BCUT2D eigenvalue weighted by Crippen LogP contribution is 2.26. The number of hydrogen-bond acceptors (Lipinski definition) is 6. The van der Waals surface area contributed by atoms with Crippen molar-refractivity contribution in [1.29, 1.82) is 0 Å². The van der Waals surface area contributed by atoms with E-state index in [4.69, 9.17) is 4.74 Å². The van der Waals surface area contributed by atoms with E-state index in [0.717, 1.165) is 4.68 Å². The Balaban J connectivity index is 1.68. The number of aryl methyl sites for hydroxylation is 1. The van der Waals surface area contributed by atoms with Gasteiger partial charge < -0.3 is 19.8 Å². The largest absolute Gasteiger partial charge is 0.447 e. The molecule has 0 radical (unpaired) electrons. The summed E-state index contributed by atoms with van der Waals surface area (Å²) in [6.07, 6.45) is 2.17. The second-order valence-electron chi connectivity index (χ2n) is 6.12. The number of aromatic nitrogens is 2. The van der Waals surface area contributed by atoms with E-state index in [9.17, 15) is 19.7 Å². The molecule has 1 aromatic heterocycles. The van der Waals surface area contributed by atoms with E-state index in [1.165, 1.54) is 13.2 Å². The molecule has 1 aromatic rings. The molecule has 0 aliphatic carbocycles. The third kappa shape index (κ3) is 2.68. The molecule has 24 heavy (non-hydrogen) atoms. The Morgan fingerprint density at radius 1 is 1.42 bits per heavy atom. The third-order valence-corrected chi connectivity index (χ3v) is 4.59. The van der Waals surface area contributed by atoms with Crippen LogP contribution >= 0.6 is 0 Å². The summed E-state index contributed by atoms with van der Waals surface area (Å²) in [6.45, 7) is 3.19. The molecule has 1 unspecified atom stereocenters. The molecule has 3 heterocycles. The van der Waals surface area contributed by atoms with Gasteiger partial charge in [-0.25, -0.2) is 4.79 Å². The molecule has 2 aliphatic rings. The molecule has 0 N–H and O–H groups in total. The number of carbonyl (C=O) groups excluding carboxylic acids is 2. The van der Waals surface area contributed by atoms with Gasteiger partial charge in [-0.3, -0.25) is 9.69 Å². The Bertz CT molecular complexity index is 679. The summed E-state index contributed by atoms with van der Waals surface area (Å²) in [6, 6.07) is 0.0621. The van der Waals surface area contributed by atoms with Gasteiger partial charge in [-0.1, -0.05) is 5.10 Å². The zero-order valence-corrected chi connectivity index (χ0v) is 13.5. The fraction of sp³-hybridized carbons (Fsp3) is 0.643. The zero-order valence-electron chi connectivity index (χ0n) is 13.5. The molecule has 3 rings (SSSR count). The molecule has 1 atom stereocenters.